The summed E-state index contributed by atoms with van der Waals surface area (Å²) in [7, 11) is 0. The molecule has 1 aromatic heterocycles. The van der Waals surface area contributed by atoms with Crippen molar-refractivity contribution in [2.75, 3.05) is 11.9 Å². The maximum atomic E-state index is 12.3. The van der Waals surface area contributed by atoms with Crippen LogP contribution in [0.2, 0.25) is 0 Å². The molecule has 3 aromatic carbocycles. The van der Waals surface area contributed by atoms with E-state index in [0.717, 1.165) is 27.8 Å². The molecule has 1 heterocycles. The smallest absolute Gasteiger partial charge is 0.262 e. The average molecular weight is 386 g/mol. The number of aryl methyl sites for hydroxylation is 2. The molecular weight excluding hydrogens is 364 g/mol. The van der Waals surface area contributed by atoms with Gasteiger partial charge in [-0.1, -0.05) is 30.3 Å². The van der Waals surface area contributed by atoms with Gasteiger partial charge in [-0.2, -0.15) is 0 Å². The molecule has 0 radical (unpaired) electrons. The number of hydrogen-bond acceptors (Lipinski definition) is 4. The van der Waals surface area contributed by atoms with Crippen LogP contribution in [0.1, 0.15) is 16.7 Å². The second kappa shape index (κ2) is 7.80. The highest BCUT2D eigenvalue weighted by Crippen LogP contribution is 2.28. The number of oxazole rings is 1. The van der Waals surface area contributed by atoms with E-state index >= 15 is 0 Å². The van der Waals surface area contributed by atoms with Crippen LogP contribution in [-0.4, -0.2) is 17.5 Å². The Kier molecular flexibility index (Phi) is 5.04. The normalized spacial score (nSPS) is 10.9. The fraction of sp³-hybridized carbons (Fsp3) is 0.167. The van der Waals surface area contributed by atoms with Gasteiger partial charge in [0.1, 0.15) is 11.3 Å². The highest BCUT2D eigenvalue weighted by molar-refractivity contribution is 5.94. The monoisotopic (exact) mass is 386 g/mol. The fourth-order valence-corrected chi connectivity index (χ4v) is 3.15. The predicted molar refractivity (Wildman–Crippen MR) is 114 cm³/mol. The Hall–Kier alpha value is -3.60. The van der Waals surface area contributed by atoms with E-state index in [1.54, 1.807) is 6.07 Å². The number of hydrogen-bond donors (Lipinski definition) is 1. The number of amides is 1. The number of carbonyl (C=O) groups excluding carboxylic acids is 1. The number of aromatic nitrogens is 1. The number of carbonyl (C=O) groups is 1. The molecule has 0 aliphatic heterocycles. The highest BCUT2D eigenvalue weighted by atomic mass is 16.5. The van der Waals surface area contributed by atoms with Crippen molar-refractivity contribution in [1.82, 2.24) is 4.98 Å². The first-order valence-electron chi connectivity index (χ1n) is 9.47. The zero-order chi connectivity index (χ0) is 20.4. The largest absolute Gasteiger partial charge is 0.483 e. The van der Waals surface area contributed by atoms with Crippen molar-refractivity contribution < 1.29 is 13.9 Å². The molecule has 5 heteroatoms. The van der Waals surface area contributed by atoms with Crippen LogP contribution in [0.3, 0.4) is 0 Å². The Bertz CT molecular complexity index is 1190. The lowest BCUT2D eigenvalue weighted by Crippen LogP contribution is -2.20. The molecule has 146 valence electrons. The lowest BCUT2D eigenvalue weighted by Gasteiger charge is -2.11. The molecule has 0 unspecified atom stereocenters. The van der Waals surface area contributed by atoms with E-state index in [4.69, 9.17) is 9.15 Å². The summed E-state index contributed by atoms with van der Waals surface area (Å²) in [5, 5.41) is 2.85. The van der Waals surface area contributed by atoms with Gasteiger partial charge in [0.15, 0.2) is 12.2 Å². The van der Waals surface area contributed by atoms with E-state index in [-0.39, 0.29) is 12.5 Å². The quantitative estimate of drug-likeness (QED) is 0.496. The molecule has 0 bridgehead atoms. The molecule has 0 aliphatic rings. The van der Waals surface area contributed by atoms with Crippen molar-refractivity contribution >= 4 is 22.7 Å². The van der Waals surface area contributed by atoms with Gasteiger partial charge in [-0.3, -0.25) is 4.79 Å². The number of anilines is 1. The van der Waals surface area contributed by atoms with Crippen molar-refractivity contribution in [2.24, 2.45) is 0 Å². The van der Waals surface area contributed by atoms with Crippen molar-refractivity contribution in [1.29, 1.82) is 0 Å². The van der Waals surface area contributed by atoms with E-state index in [2.05, 4.69) is 10.3 Å². The van der Waals surface area contributed by atoms with Gasteiger partial charge >= 0.3 is 0 Å². The Balaban J connectivity index is 1.47. The van der Waals surface area contributed by atoms with Crippen LogP contribution in [0.4, 0.5) is 5.69 Å². The van der Waals surface area contributed by atoms with Gasteiger partial charge in [-0.25, -0.2) is 4.98 Å². The summed E-state index contributed by atoms with van der Waals surface area (Å²) >= 11 is 0. The Labute approximate surface area is 169 Å². The standard InChI is InChI=1S/C24H22N2O3/c1-15-8-6-10-21(17(15)3)28-14-23(27)25-18-11-12-20-22(13-18)29-24(26-20)19-9-5-4-7-16(19)2/h4-13H,14H2,1-3H3,(H,25,27). The first kappa shape index (κ1) is 18.7. The Morgan fingerprint density at radius 1 is 1.00 bits per heavy atom. The van der Waals surface area contributed by atoms with E-state index < -0.39 is 0 Å². The Morgan fingerprint density at radius 3 is 2.62 bits per heavy atom. The lowest BCUT2D eigenvalue weighted by molar-refractivity contribution is -0.118. The molecule has 0 saturated heterocycles. The summed E-state index contributed by atoms with van der Waals surface area (Å²) < 4.78 is 11.6. The molecule has 0 aliphatic carbocycles. The van der Waals surface area contributed by atoms with Gasteiger partial charge in [0.2, 0.25) is 5.89 Å². The first-order valence-corrected chi connectivity index (χ1v) is 9.47. The van der Waals surface area contributed by atoms with Crippen molar-refractivity contribution in [3.05, 3.63) is 77.4 Å². The minimum Gasteiger partial charge on any atom is -0.483 e. The minimum atomic E-state index is -0.233. The van der Waals surface area contributed by atoms with Crippen molar-refractivity contribution in [3.8, 4) is 17.2 Å². The van der Waals surface area contributed by atoms with E-state index in [1.165, 1.54) is 0 Å². The van der Waals surface area contributed by atoms with Crippen LogP contribution >= 0.6 is 0 Å². The number of nitrogens with one attached hydrogen (secondary N) is 1. The van der Waals surface area contributed by atoms with Gasteiger partial charge in [-0.05, 0) is 61.7 Å². The molecule has 0 saturated carbocycles. The summed E-state index contributed by atoms with van der Waals surface area (Å²) in [6.45, 7) is 5.95. The minimum absolute atomic E-state index is 0.0623. The molecule has 0 fully saturated rings. The van der Waals surface area contributed by atoms with Crippen molar-refractivity contribution in [2.45, 2.75) is 20.8 Å². The third-order valence-corrected chi connectivity index (χ3v) is 4.96. The Morgan fingerprint density at radius 2 is 1.79 bits per heavy atom. The third-order valence-electron chi connectivity index (χ3n) is 4.96. The molecule has 0 spiro atoms. The van der Waals surface area contributed by atoms with Crippen LogP contribution in [0, 0.1) is 20.8 Å². The first-order chi connectivity index (χ1) is 14.0. The zero-order valence-corrected chi connectivity index (χ0v) is 16.7. The number of ether oxygens (including phenoxy) is 1. The highest BCUT2D eigenvalue weighted by Gasteiger charge is 2.12. The molecule has 29 heavy (non-hydrogen) atoms. The second-order valence-electron chi connectivity index (χ2n) is 7.05. The molecule has 5 nitrogen and oxygen atoms in total. The van der Waals surface area contributed by atoms with E-state index in [9.17, 15) is 4.79 Å². The SMILES string of the molecule is Cc1ccccc1-c1nc2ccc(NC(=O)COc3cccc(C)c3C)cc2o1. The fourth-order valence-electron chi connectivity index (χ4n) is 3.15. The average Bonchev–Trinajstić information content (AvgIpc) is 3.12. The van der Waals surface area contributed by atoms with Gasteiger partial charge in [0.05, 0.1) is 0 Å². The topological polar surface area (TPSA) is 64.4 Å². The molecule has 0 atom stereocenters. The van der Waals surface area contributed by atoms with Crippen LogP contribution in [0.25, 0.3) is 22.6 Å². The van der Waals surface area contributed by atoms with Gasteiger partial charge < -0.3 is 14.5 Å². The van der Waals surface area contributed by atoms with Gasteiger partial charge in [-0.15, -0.1) is 0 Å². The lowest BCUT2D eigenvalue weighted by atomic mass is 10.1. The van der Waals surface area contributed by atoms with E-state index in [1.807, 2.05) is 75.4 Å². The predicted octanol–water partition coefficient (Wildman–Crippen LogP) is 5.44. The molecule has 4 rings (SSSR count). The second-order valence-corrected chi connectivity index (χ2v) is 7.05. The van der Waals surface area contributed by atoms with Crippen LogP contribution in [-0.2, 0) is 4.79 Å². The summed E-state index contributed by atoms with van der Waals surface area (Å²) in [5.74, 6) is 1.05. The number of rotatable bonds is 5. The molecule has 1 N–H and O–H groups in total. The molecule has 1 amide bonds. The summed E-state index contributed by atoms with van der Waals surface area (Å²) in [5.41, 5.74) is 6.21. The molecule has 4 aromatic rings. The number of benzene rings is 3. The molecular formula is C24H22N2O3. The van der Waals surface area contributed by atoms with E-state index in [0.29, 0.717) is 22.9 Å². The van der Waals surface area contributed by atoms with Crippen LogP contribution in [0.15, 0.2) is 65.1 Å². The third kappa shape index (κ3) is 3.99. The maximum absolute atomic E-state index is 12.3. The van der Waals surface area contributed by atoms with Crippen LogP contribution in [0.5, 0.6) is 5.75 Å². The maximum Gasteiger partial charge on any atom is 0.262 e. The number of nitrogens with zero attached hydrogens (tertiary/aromatic N) is 1. The zero-order valence-electron chi connectivity index (χ0n) is 16.7. The van der Waals surface area contributed by atoms with Gasteiger partial charge in [0.25, 0.3) is 5.91 Å². The van der Waals surface area contributed by atoms with Gasteiger partial charge in [0, 0.05) is 17.3 Å². The number of fused-ring (bicyclic) bond motifs is 1. The summed E-state index contributed by atoms with van der Waals surface area (Å²) in [4.78, 5) is 16.9. The van der Waals surface area contributed by atoms with Crippen LogP contribution < -0.4 is 10.1 Å². The summed E-state index contributed by atoms with van der Waals surface area (Å²) in [6.07, 6.45) is 0. The summed E-state index contributed by atoms with van der Waals surface area (Å²) in [6, 6.07) is 19.2. The van der Waals surface area contributed by atoms with Crippen molar-refractivity contribution in [3.63, 3.8) is 0 Å².